The number of nitrogens with zero attached hydrogens (tertiary/aromatic N) is 2. The van der Waals surface area contributed by atoms with Crippen LogP contribution in [0.5, 0.6) is 0 Å². The zero-order valence-corrected chi connectivity index (χ0v) is 16.2. The van der Waals surface area contributed by atoms with Crippen LogP contribution in [-0.2, 0) is 11.2 Å². The molecular formula is C23H24N4O2. The number of aromatic amines is 1. The Kier molecular flexibility index (Phi) is 5.16. The lowest BCUT2D eigenvalue weighted by atomic mass is 9.73. The minimum absolute atomic E-state index is 0.149. The fraction of sp³-hybridized carbons (Fsp3) is 0.261. The molecule has 0 spiro atoms. The van der Waals surface area contributed by atoms with Crippen molar-refractivity contribution in [3.8, 4) is 11.1 Å². The van der Waals surface area contributed by atoms with Crippen molar-refractivity contribution in [2.24, 2.45) is 11.1 Å². The number of hydrogen-bond acceptors (Lipinski definition) is 3. The number of carbonyl (C=O) groups excluding carboxylic acids is 2. The van der Waals surface area contributed by atoms with E-state index in [9.17, 15) is 9.59 Å². The molecule has 1 saturated heterocycles. The van der Waals surface area contributed by atoms with Crippen LogP contribution in [0, 0.1) is 5.41 Å². The number of primary amides is 1. The summed E-state index contributed by atoms with van der Waals surface area (Å²) in [5, 5.41) is 6.57. The van der Waals surface area contributed by atoms with E-state index in [-0.39, 0.29) is 11.8 Å². The van der Waals surface area contributed by atoms with E-state index in [0.717, 1.165) is 23.1 Å². The van der Waals surface area contributed by atoms with E-state index in [4.69, 9.17) is 5.73 Å². The van der Waals surface area contributed by atoms with Gasteiger partial charge in [0.05, 0.1) is 5.41 Å². The molecule has 0 bridgehead atoms. The molecule has 1 aliphatic rings. The Hall–Kier alpha value is -3.41. The number of benzene rings is 2. The predicted molar refractivity (Wildman–Crippen MR) is 111 cm³/mol. The molecule has 6 nitrogen and oxygen atoms in total. The van der Waals surface area contributed by atoms with Gasteiger partial charge in [0, 0.05) is 19.3 Å². The second-order valence-electron chi connectivity index (χ2n) is 7.65. The molecule has 148 valence electrons. The number of nitrogens with one attached hydrogen (secondary N) is 1. The first-order valence-corrected chi connectivity index (χ1v) is 9.81. The van der Waals surface area contributed by atoms with Crippen molar-refractivity contribution < 1.29 is 9.59 Å². The van der Waals surface area contributed by atoms with E-state index in [1.165, 1.54) is 0 Å². The van der Waals surface area contributed by atoms with Crippen molar-refractivity contribution >= 4 is 11.8 Å². The van der Waals surface area contributed by atoms with Gasteiger partial charge in [-0.3, -0.25) is 14.7 Å². The Morgan fingerprint density at radius 3 is 2.55 bits per heavy atom. The van der Waals surface area contributed by atoms with Crippen LogP contribution in [-0.4, -0.2) is 40.0 Å². The Labute approximate surface area is 169 Å². The molecule has 0 unspecified atom stereocenters. The number of amides is 2. The minimum Gasteiger partial charge on any atom is -0.369 e. The van der Waals surface area contributed by atoms with Gasteiger partial charge in [-0.1, -0.05) is 54.6 Å². The second-order valence-corrected chi connectivity index (χ2v) is 7.65. The third kappa shape index (κ3) is 3.78. The summed E-state index contributed by atoms with van der Waals surface area (Å²) in [6.07, 6.45) is 3.45. The molecule has 1 atom stereocenters. The quantitative estimate of drug-likeness (QED) is 0.704. The molecule has 1 fully saturated rings. The van der Waals surface area contributed by atoms with Gasteiger partial charge in [0.15, 0.2) is 0 Å². The second kappa shape index (κ2) is 7.91. The highest BCUT2D eigenvalue weighted by Gasteiger charge is 2.42. The lowest BCUT2D eigenvalue weighted by molar-refractivity contribution is -0.130. The molecule has 3 N–H and O–H groups in total. The van der Waals surface area contributed by atoms with Gasteiger partial charge in [-0.05, 0) is 42.0 Å². The van der Waals surface area contributed by atoms with Gasteiger partial charge in [-0.2, -0.15) is 5.10 Å². The number of rotatable bonds is 5. The third-order valence-corrected chi connectivity index (χ3v) is 5.75. The highest BCUT2D eigenvalue weighted by molar-refractivity contribution is 5.93. The monoisotopic (exact) mass is 388 g/mol. The first-order valence-electron chi connectivity index (χ1n) is 9.81. The number of piperidine rings is 1. The first kappa shape index (κ1) is 18.9. The van der Waals surface area contributed by atoms with E-state index in [1.54, 1.807) is 17.2 Å². The Balaban J connectivity index is 1.65. The van der Waals surface area contributed by atoms with Gasteiger partial charge >= 0.3 is 0 Å². The van der Waals surface area contributed by atoms with Crippen molar-refractivity contribution in [2.75, 3.05) is 13.1 Å². The van der Waals surface area contributed by atoms with Gasteiger partial charge in [0.25, 0.3) is 5.91 Å². The molecule has 0 saturated carbocycles. The molecule has 29 heavy (non-hydrogen) atoms. The maximum Gasteiger partial charge on any atom is 0.271 e. The van der Waals surface area contributed by atoms with Crippen LogP contribution in [0.4, 0.5) is 0 Å². The highest BCUT2D eigenvalue weighted by atomic mass is 16.2. The fourth-order valence-electron chi connectivity index (χ4n) is 4.22. The van der Waals surface area contributed by atoms with Crippen molar-refractivity contribution in [2.45, 2.75) is 19.3 Å². The van der Waals surface area contributed by atoms with Crippen LogP contribution in [0.3, 0.4) is 0 Å². The molecule has 3 aromatic rings. The average molecular weight is 388 g/mol. The van der Waals surface area contributed by atoms with E-state index in [1.807, 2.05) is 36.4 Å². The van der Waals surface area contributed by atoms with Crippen LogP contribution in [0.15, 0.2) is 66.9 Å². The summed E-state index contributed by atoms with van der Waals surface area (Å²) in [5.41, 5.74) is 8.81. The largest absolute Gasteiger partial charge is 0.369 e. The molecule has 1 aliphatic heterocycles. The van der Waals surface area contributed by atoms with Crippen LogP contribution < -0.4 is 5.73 Å². The van der Waals surface area contributed by atoms with Gasteiger partial charge in [-0.25, -0.2) is 0 Å². The molecule has 4 rings (SSSR count). The van der Waals surface area contributed by atoms with Gasteiger partial charge in [-0.15, -0.1) is 0 Å². The predicted octanol–water partition coefficient (Wildman–Crippen LogP) is 3.03. The van der Waals surface area contributed by atoms with Crippen LogP contribution in [0.1, 0.15) is 28.9 Å². The maximum atomic E-state index is 12.8. The Bertz CT molecular complexity index is 1000. The molecule has 0 aliphatic carbocycles. The Morgan fingerprint density at radius 1 is 1.07 bits per heavy atom. The number of H-pyrrole nitrogens is 1. The SMILES string of the molecule is NC(=O)[C@@]1(Cc2ccccc2-c2ccccc2)CCCN(C(=O)c2ccn[nH]2)C1. The summed E-state index contributed by atoms with van der Waals surface area (Å²) < 4.78 is 0. The fourth-order valence-corrected chi connectivity index (χ4v) is 4.22. The minimum atomic E-state index is -0.793. The molecular weight excluding hydrogens is 364 g/mol. The number of hydrogen-bond donors (Lipinski definition) is 2. The average Bonchev–Trinajstić information content (AvgIpc) is 3.29. The van der Waals surface area contributed by atoms with Crippen LogP contribution in [0.25, 0.3) is 11.1 Å². The van der Waals surface area contributed by atoms with Crippen LogP contribution >= 0.6 is 0 Å². The van der Waals surface area contributed by atoms with E-state index in [0.29, 0.717) is 31.6 Å². The van der Waals surface area contributed by atoms with E-state index < -0.39 is 5.41 Å². The maximum absolute atomic E-state index is 12.8. The number of carbonyl (C=O) groups is 2. The van der Waals surface area contributed by atoms with Crippen LogP contribution in [0.2, 0.25) is 0 Å². The van der Waals surface area contributed by atoms with E-state index in [2.05, 4.69) is 28.4 Å². The summed E-state index contributed by atoms with van der Waals surface area (Å²) in [6, 6.07) is 19.8. The zero-order valence-electron chi connectivity index (χ0n) is 16.2. The molecule has 0 radical (unpaired) electrons. The summed E-state index contributed by atoms with van der Waals surface area (Å²) in [5.74, 6) is -0.508. The van der Waals surface area contributed by atoms with Crippen molar-refractivity contribution in [1.82, 2.24) is 15.1 Å². The third-order valence-electron chi connectivity index (χ3n) is 5.75. The topological polar surface area (TPSA) is 92.1 Å². The molecule has 2 amide bonds. The summed E-state index contributed by atoms with van der Waals surface area (Å²) in [6.45, 7) is 0.913. The number of likely N-dealkylation sites (tertiary alicyclic amines) is 1. The van der Waals surface area contributed by atoms with Gasteiger partial charge in [0.1, 0.15) is 5.69 Å². The van der Waals surface area contributed by atoms with Crippen molar-refractivity contribution in [3.05, 3.63) is 78.1 Å². The molecule has 6 heteroatoms. The zero-order chi connectivity index (χ0) is 20.3. The van der Waals surface area contributed by atoms with Gasteiger partial charge < -0.3 is 10.6 Å². The Morgan fingerprint density at radius 2 is 1.83 bits per heavy atom. The highest BCUT2D eigenvalue weighted by Crippen LogP contribution is 2.37. The van der Waals surface area contributed by atoms with Crippen molar-refractivity contribution in [3.63, 3.8) is 0 Å². The number of nitrogens with two attached hydrogens (primary N) is 1. The summed E-state index contributed by atoms with van der Waals surface area (Å²) in [7, 11) is 0. The molecule has 2 aromatic carbocycles. The first-order chi connectivity index (χ1) is 14.1. The van der Waals surface area contributed by atoms with Gasteiger partial charge in [0.2, 0.25) is 5.91 Å². The summed E-state index contributed by atoms with van der Waals surface area (Å²) >= 11 is 0. The van der Waals surface area contributed by atoms with E-state index >= 15 is 0 Å². The smallest absolute Gasteiger partial charge is 0.271 e. The standard InChI is InChI=1S/C23H24N4O2/c24-22(29)23(12-6-14-27(16-23)21(28)20-11-13-25-26-20)15-18-9-4-5-10-19(18)17-7-2-1-3-8-17/h1-5,7-11,13H,6,12,14-16H2,(H2,24,29)(H,25,26)/t23-/m1/s1. The lowest BCUT2D eigenvalue weighted by Gasteiger charge is -2.41. The molecule has 2 heterocycles. The molecule has 1 aromatic heterocycles. The lowest BCUT2D eigenvalue weighted by Crippen LogP contribution is -2.53. The number of aromatic nitrogens is 2. The normalized spacial score (nSPS) is 19.1. The van der Waals surface area contributed by atoms with Crippen molar-refractivity contribution in [1.29, 1.82) is 0 Å². The summed E-state index contributed by atoms with van der Waals surface area (Å²) in [4.78, 5) is 27.2.